The van der Waals surface area contributed by atoms with Gasteiger partial charge in [-0.2, -0.15) is 0 Å². The quantitative estimate of drug-likeness (QED) is 0.349. The Labute approximate surface area is 233 Å². The number of hydrogen-bond acceptors (Lipinski definition) is 3. The van der Waals surface area contributed by atoms with Crippen LogP contribution in [0.3, 0.4) is 0 Å². The van der Waals surface area contributed by atoms with Crippen molar-refractivity contribution in [3.05, 3.63) is 69.2 Å². The smallest absolute Gasteiger partial charge is 0.318 e. The molecule has 7 heteroatoms. The number of fused-ring (bicyclic) bond motifs is 1. The molecule has 200 valence electrons. The van der Waals surface area contributed by atoms with Crippen molar-refractivity contribution < 1.29 is 4.79 Å². The second-order valence-corrected chi connectivity index (χ2v) is 13.4. The summed E-state index contributed by atoms with van der Waals surface area (Å²) in [5.41, 5.74) is 1.19. The van der Waals surface area contributed by atoms with Gasteiger partial charge in [0, 0.05) is 16.6 Å². The first-order valence-corrected chi connectivity index (χ1v) is 14.9. The van der Waals surface area contributed by atoms with Crippen LogP contribution in [0.25, 0.3) is 16.6 Å². The molecule has 2 aromatic carbocycles. The number of halogens is 1. The highest BCUT2D eigenvalue weighted by atomic mass is 79.9. The fourth-order valence-electron chi connectivity index (χ4n) is 7.78. The monoisotopic (exact) mass is 576 g/mol. The summed E-state index contributed by atoms with van der Waals surface area (Å²) >= 11 is 3.50. The number of nitrogens with one attached hydrogen (secondary N) is 1. The molecule has 38 heavy (non-hydrogen) atoms. The number of carbonyl (C=O) groups is 1. The molecule has 3 aromatic rings. The molecular formula is C31H37BrN4O2. The average Bonchev–Trinajstić information content (AvgIpc) is 2.86. The van der Waals surface area contributed by atoms with E-state index in [0.717, 1.165) is 47.2 Å². The molecule has 7 rings (SSSR count). The molecule has 0 spiro atoms. The Bertz CT molecular complexity index is 1380. The van der Waals surface area contributed by atoms with Gasteiger partial charge in [0.15, 0.2) is 0 Å². The fraction of sp³-hybridized carbons (Fsp3) is 0.516. The standard InChI is InChI=1S/C31H37BrN4O2/c1-19(2)18-35(30(38)34-31-15-21-12-22(16-31)14-23(13-21)17-31)20(3)28-33-27-7-5-4-6-26(27)29(37)36(28)25-10-8-24(32)9-11-25/h4-11,19-23H,12-18H2,1-3H3,(H,34,38). The third-order valence-corrected chi connectivity index (χ3v) is 9.49. The Hall–Kier alpha value is -2.67. The average molecular weight is 578 g/mol. The van der Waals surface area contributed by atoms with Crippen molar-refractivity contribution in [3.8, 4) is 5.69 Å². The van der Waals surface area contributed by atoms with Crippen molar-refractivity contribution in [3.63, 3.8) is 0 Å². The first-order chi connectivity index (χ1) is 18.2. The molecule has 4 bridgehead atoms. The summed E-state index contributed by atoms with van der Waals surface area (Å²) in [5.74, 6) is 3.11. The van der Waals surface area contributed by atoms with Crippen molar-refractivity contribution in [1.82, 2.24) is 19.8 Å². The van der Waals surface area contributed by atoms with E-state index >= 15 is 0 Å². The van der Waals surface area contributed by atoms with Gasteiger partial charge in [0.25, 0.3) is 5.56 Å². The third-order valence-electron chi connectivity index (χ3n) is 8.96. The molecule has 2 amide bonds. The van der Waals surface area contributed by atoms with Gasteiger partial charge < -0.3 is 10.2 Å². The second kappa shape index (κ2) is 9.82. The number of para-hydroxylation sites is 1. The number of benzene rings is 2. The summed E-state index contributed by atoms with van der Waals surface area (Å²) < 4.78 is 2.62. The number of amides is 2. The summed E-state index contributed by atoms with van der Waals surface area (Å²) in [6.07, 6.45) is 7.32. The number of carbonyl (C=O) groups excluding carboxylic acids is 1. The van der Waals surface area contributed by atoms with E-state index in [9.17, 15) is 9.59 Å². The zero-order chi connectivity index (χ0) is 26.6. The summed E-state index contributed by atoms with van der Waals surface area (Å²) in [5, 5.41) is 4.13. The minimum atomic E-state index is -0.396. The highest BCUT2D eigenvalue weighted by molar-refractivity contribution is 9.10. The molecular weight excluding hydrogens is 540 g/mol. The SMILES string of the molecule is CC(C)CN(C(=O)NC12CC3CC(CC(C3)C1)C2)C(C)c1nc2ccccc2c(=O)n1-c1ccc(Br)cc1. The minimum absolute atomic E-state index is 0.0297. The van der Waals surface area contributed by atoms with Crippen molar-refractivity contribution in [2.45, 2.75) is 70.9 Å². The molecule has 4 aliphatic rings. The van der Waals surface area contributed by atoms with Crippen LogP contribution in [0.4, 0.5) is 4.79 Å². The molecule has 0 radical (unpaired) electrons. The number of aromatic nitrogens is 2. The van der Waals surface area contributed by atoms with E-state index < -0.39 is 6.04 Å². The molecule has 4 aliphatic carbocycles. The van der Waals surface area contributed by atoms with Gasteiger partial charge in [-0.3, -0.25) is 9.36 Å². The Morgan fingerprint density at radius 2 is 1.63 bits per heavy atom. The van der Waals surface area contributed by atoms with Crippen molar-refractivity contribution in [1.29, 1.82) is 0 Å². The predicted octanol–water partition coefficient (Wildman–Crippen LogP) is 6.85. The highest BCUT2D eigenvalue weighted by Crippen LogP contribution is 2.55. The molecule has 4 fully saturated rings. The minimum Gasteiger partial charge on any atom is -0.333 e. The van der Waals surface area contributed by atoms with Gasteiger partial charge in [0.2, 0.25) is 0 Å². The van der Waals surface area contributed by atoms with E-state index in [1.807, 2.05) is 60.4 Å². The molecule has 0 saturated heterocycles. The van der Waals surface area contributed by atoms with Gasteiger partial charge in [-0.15, -0.1) is 0 Å². The van der Waals surface area contributed by atoms with Gasteiger partial charge in [0.1, 0.15) is 5.82 Å². The van der Waals surface area contributed by atoms with E-state index in [-0.39, 0.29) is 23.0 Å². The van der Waals surface area contributed by atoms with E-state index in [0.29, 0.717) is 23.3 Å². The molecule has 1 atom stereocenters. The lowest BCUT2D eigenvalue weighted by molar-refractivity contribution is -0.0166. The maximum Gasteiger partial charge on any atom is 0.318 e. The van der Waals surface area contributed by atoms with Crippen LogP contribution in [0.1, 0.15) is 71.2 Å². The first-order valence-electron chi connectivity index (χ1n) is 14.1. The van der Waals surface area contributed by atoms with E-state index in [2.05, 4.69) is 35.1 Å². The van der Waals surface area contributed by atoms with Crippen LogP contribution < -0.4 is 10.9 Å². The number of hydrogen-bond donors (Lipinski definition) is 1. The summed E-state index contributed by atoms with van der Waals surface area (Å²) in [6, 6.07) is 14.7. The number of rotatable bonds is 6. The normalized spacial score (nSPS) is 26.6. The molecule has 6 nitrogen and oxygen atoms in total. The Balaban J connectivity index is 1.40. The molecule has 1 aromatic heterocycles. The van der Waals surface area contributed by atoms with Gasteiger partial charge in [-0.1, -0.05) is 41.9 Å². The van der Waals surface area contributed by atoms with E-state index in [1.54, 1.807) is 4.57 Å². The van der Waals surface area contributed by atoms with Crippen molar-refractivity contribution >= 4 is 32.9 Å². The van der Waals surface area contributed by atoms with Crippen molar-refractivity contribution in [2.75, 3.05) is 6.54 Å². The Morgan fingerprint density at radius 3 is 2.24 bits per heavy atom. The van der Waals surface area contributed by atoms with E-state index in [1.165, 1.54) is 19.3 Å². The zero-order valence-electron chi connectivity index (χ0n) is 22.5. The predicted molar refractivity (Wildman–Crippen MR) is 154 cm³/mol. The molecule has 1 unspecified atom stereocenters. The van der Waals surface area contributed by atoms with Crippen LogP contribution in [0.15, 0.2) is 57.8 Å². The summed E-state index contributed by atoms with van der Waals surface area (Å²) in [6.45, 7) is 6.86. The second-order valence-electron chi connectivity index (χ2n) is 12.5. The largest absolute Gasteiger partial charge is 0.333 e. The van der Waals surface area contributed by atoms with Gasteiger partial charge in [-0.05, 0) is 106 Å². The van der Waals surface area contributed by atoms with Gasteiger partial charge in [-0.25, -0.2) is 9.78 Å². The highest BCUT2D eigenvalue weighted by Gasteiger charge is 2.52. The molecule has 0 aliphatic heterocycles. The zero-order valence-corrected chi connectivity index (χ0v) is 24.1. The van der Waals surface area contributed by atoms with Crippen LogP contribution in [-0.4, -0.2) is 32.6 Å². The van der Waals surface area contributed by atoms with Gasteiger partial charge in [0.05, 0.1) is 22.6 Å². The van der Waals surface area contributed by atoms with Crippen molar-refractivity contribution in [2.24, 2.45) is 23.7 Å². The van der Waals surface area contributed by atoms with Crippen LogP contribution >= 0.6 is 15.9 Å². The third kappa shape index (κ3) is 4.67. The fourth-order valence-corrected chi connectivity index (χ4v) is 8.05. The Morgan fingerprint density at radius 1 is 1.03 bits per heavy atom. The molecule has 1 heterocycles. The molecule has 4 saturated carbocycles. The van der Waals surface area contributed by atoms with Gasteiger partial charge >= 0.3 is 6.03 Å². The Kier molecular flexibility index (Phi) is 6.61. The van der Waals surface area contributed by atoms with Crippen LogP contribution in [0.2, 0.25) is 0 Å². The number of nitrogens with zero attached hydrogens (tertiary/aromatic N) is 3. The first kappa shape index (κ1) is 25.6. The topological polar surface area (TPSA) is 67.2 Å². The van der Waals surface area contributed by atoms with Crippen LogP contribution in [0, 0.1) is 23.7 Å². The summed E-state index contributed by atoms with van der Waals surface area (Å²) in [4.78, 5) is 34.9. The molecule has 1 N–H and O–H groups in total. The lowest BCUT2D eigenvalue weighted by Gasteiger charge is -2.57. The van der Waals surface area contributed by atoms with Crippen LogP contribution in [0.5, 0.6) is 0 Å². The number of urea groups is 1. The maximum atomic E-state index is 14.1. The van der Waals surface area contributed by atoms with Crippen LogP contribution in [-0.2, 0) is 0 Å². The lowest BCUT2D eigenvalue weighted by atomic mass is 9.53. The summed E-state index contributed by atoms with van der Waals surface area (Å²) in [7, 11) is 0. The maximum absolute atomic E-state index is 14.1. The lowest BCUT2D eigenvalue weighted by Crippen LogP contribution is -2.62. The van der Waals surface area contributed by atoms with E-state index in [4.69, 9.17) is 4.98 Å².